The van der Waals surface area contributed by atoms with E-state index >= 15 is 0 Å². The maximum Gasteiger partial charge on any atom is 0.359 e. The summed E-state index contributed by atoms with van der Waals surface area (Å²) in [6, 6.07) is 7.81. The first kappa shape index (κ1) is 13.8. The van der Waals surface area contributed by atoms with Gasteiger partial charge in [0.15, 0.2) is 5.69 Å². The molecule has 2 rings (SSSR count). The summed E-state index contributed by atoms with van der Waals surface area (Å²) in [5.74, 6) is -0.714. The number of methoxy groups -OCH3 is 1. The van der Waals surface area contributed by atoms with Crippen LogP contribution in [0.2, 0.25) is 0 Å². The smallest absolute Gasteiger partial charge is 0.359 e. The zero-order valence-electron chi connectivity index (χ0n) is 9.78. The Morgan fingerprint density at radius 1 is 1.32 bits per heavy atom. The molecule has 0 fully saturated rings. The number of halogens is 1. The fourth-order valence-corrected chi connectivity index (χ4v) is 3.11. The zero-order chi connectivity index (χ0) is 14.0. The fraction of sp³-hybridized carbons (Fsp3) is 0.0909. The summed E-state index contributed by atoms with van der Waals surface area (Å²) in [7, 11) is -2.62. The van der Waals surface area contributed by atoms with Crippen LogP contribution >= 0.6 is 15.9 Å². The molecule has 0 aliphatic rings. The molecule has 1 aromatic heterocycles. The van der Waals surface area contributed by atoms with Crippen LogP contribution in [0, 0.1) is 0 Å². The van der Waals surface area contributed by atoms with Crippen molar-refractivity contribution in [3.8, 4) is 0 Å². The van der Waals surface area contributed by atoms with E-state index in [1.807, 2.05) is 0 Å². The molecule has 0 spiro atoms. The topological polar surface area (TPSA) is 78.3 Å². The molecule has 0 aliphatic heterocycles. The van der Waals surface area contributed by atoms with Crippen LogP contribution in [-0.4, -0.2) is 30.7 Å². The van der Waals surface area contributed by atoms with Gasteiger partial charge in [-0.15, -0.1) is 5.10 Å². The first-order valence-electron chi connectivity index (χ1n) is 5.11. The Balaban J connectivity index is 2.52. The first-order chi connectivity index (χ1) is 8.96. The van der Waals surface area contributed by atoms with E-state index in [1.54, 1.807) is 18.2 Å². The molecule has 19 heavy (non-hydrogen) atoms. The zero-order valence-corrected chi connectivity index (χ0v) is 12.2. The van der Waals surface area contributed by atoms with Crippen molar-refractivity contribution in [1.29, 1.82) is 0 Å². The largest absolute Gasteiger partial charge is 0.464 e. The Morgan fingerprint density at radius 3 is 2.53 bits per heavy atom. The third-order valence-corrected chi connectivity index (χ3v) is 4.44. The van der Waals surface area contributed by atoms with Crippen LogP contribution in [0.4, 0.5) is 0 Å². The number of rotatable bonds is 3. The normalized spacial score (nSPS) is 11.3. The van der Waals surface area contributed by atoms with Gasteiger partial charge in [-0.2, -0.15) is 12.5 Å². The minimum Gasteiger partial charge on any atom is -0.464 e. The first-order valence-corrected chi connectivity index (χ1v) is 7.34. The van der Waals surface area contributed by atoms with E-state index in [2.05, 4.69) is 25.8 Å². The molecule has 0 amide bonds. The number of hydrogen-bond acceptors (Lipinski definition) is 5. The standard InChI is InChI=1S/C11H9BrN2O4S/c1-18-11(15)10-9(12)7-14(13-10)19(16,17)8-5-3-2-4-6-8/h2-7H,1H3. The second kappa shape index (κ2) is 5.14. The molecule has 8 heteroatoms. The Bertz CT molecular complexity index is 710. The summed E-state index contributed by atoms with van der Waals surface area (Å²) >= 11 is 3.07. The molecular weight excluding hydrogens is 336 g/mol. The van der Waals surface area contributed by atoms with Gasteiger partial charge in [-0.1, -0.05) is 18.2 Å². The SMILES string of the molecule is COC(=O)c1nn(S(=O)(=O)c2ccccc2)cc1Br. The van der Waals surface area contributed by atoms with Gasteiger partial charge >= 0.3 is 5.97 Å². The predicted octanol–water partition coefficient (Wildman–Crippen LogP) is 1.67. The number of nitrogens with zero attached hydrogens (tertiary/aromatic N) is 2. The summed E-state index contributed by atoms with van der Waals surface area (Å²) in [6.07, 6.45) is 1.20. The van der Waals surface area contributed by atoms with E-state index in [4.69, 9.17) is 0 Å². The molecular formula is C11H9BrN2O4S. The fourth-order valence-electron chi connectivity index (χ4n) is 1.39. The highest BCUT2D eigenvalue weighted by atomic mass is 79.9. The predicted molar refractivity (Wildman–Crippen MR) is 70.3 cm³/mol. The third kappa shape index (κ3) is 2.54. The Labute approximate surface area is 118 Å². The number of ether oxygens (including phenoxy) is 1. The van der Waals surface area contributed by atoms with Crippen molar-refractivity contribution in [3.05, 3.63) is 46.7 Å². The molecule has 0 saturated carbocycles. The van der Waals surface area contributed by atoms with Crippen molar-refractivity contribution in [1.82, 2.24) is 9.19 Å². The molecule has 0 unspecified atom stereocenters. The number of benzene rings is 1. The molecule has 2 aromatic rings. The van der Waals surface area contributed by atoms with Crippen molar-refractivity contribution >= 4 is 31.9 Å². The molecule has 0 saturated heterocycles. The molecule has 0 N–H and O–H groups in total. The number of aromatic nitrogens is 2. The van der Waals surface area contributed by atoms with Crippen molar-refractivity contribution < 1.29 is 17.9 Å². The summed E-state index contributed by atoms with van der Waals surface area (Å²) in [4.78, 5) is 11.5. The van der Waals surface area contributed by atoms with Crippen LogP contribution in [0.5, 0.6) is 0 Å². The van der Waals surface area contributed by atoms with Gasteiger partial charge in [-0.05, 0) is 28.1 Å². The minimum atomic E-state index is -3.81. The Morgan fingerprint density at radius 2 is 1.95 bits per heavy atom. The summed E-state index contributed by atoms with van der Waals surface area (Å²) < 4.78 is 30.0. The lowest BCUT2D eigenvalue weighted by atomic mass is 10.4. The summed E-state index contributed by atoms with van der Waals surface area (Å²) in [6.45, 7) is 0. The molecule has 6 nitrogen and oxygen atoms in total. The van der Waals surface area contributed by atoms with Crippen LogP contribution in [0.3, 0.4) is 0 Å². The van der Waals surface area contributed by atoms with E-state index in [0.717, 1.165) is 4.09 Å². The van der Waals surface area contributed by atoms with Gasteiger partial charge in [0.05, 0.1) is 22.7 Å². The number of esters is 1. The van der Waals surface area contributed by atoms with E-state index in [1.165, 1.54) is 25.4 Å². The highest BCUT2D eigenvalue weighted by Gasteiger charge is 2.23. The van der Waals surface area contributed by atoms with Crippen LogP contribution < -0.4 is 0 Å². The molecule has 0 aliphatic carbocycles. The number of hydrogen-bond donors (Lipinski definition) is 0. The quantitative estimate of drug-likeness (QED) is 0.791. The summed E-state index contributed by atoms with van der Waals surface area (Å²) in [5.41, 5.74) is -0.0954. The molecule has 1 aromatic carbocycles. The maximum absolute atomic E-state index is 12.2. The van der Waals surface area contributed by atoms with Crippen LogP contribution in [-0.2, 0) is 14.8 Å². The molecule has 0 atom stereocenters. The van der Waals surface area contributed by atoms with Gasteiger partial charge < -0.3 is 4.74 Å². The monoisotopic (exact) mass is 344 g/mol. The number of carbonyl (C=O) groups excluding carboxylic acids is 1. The Kier molecular flexibility index (Phi) is 3.72. The van der Waals surface area contributed by atoms with Crippen LogP contribution in [0.25, 0.3) is 0 Å². The molecule has 0 radical (unpaired) electrons. The average Bonchev–Trinajstić information content (AvgIpc) is 2.81. The van der Waals surface area contributed by atoms with Gasteiger partial charge in [0.1, 0.15) is 0 Å². The second-order valence-electron chi connectivity index (χ2n) is 3.51. The van der Waals surface area contributed by atoms with Crippen molar-refractivity contribution in [2.45, 2.75) is 4.90 Å². The van der Waals surface area contributed by atoms with Crippen LogP contribution in [0.15, 0.2) is 45.9 Å². The van der Waals surface area contributed by atoms with Crippen molar-refractivity contribution in [2.24, 2.45) is 0 Å². The average molecular weight is 345 g/mol. The lowest BCUT2D eigenvalue weighted by Crippen LogP contribution is -2.14. The van der Waals surface area contributed by atoms with Gasteiger partial charge in [0, 0.05) is 0 Å². The minimum absolute atomic E-state index is 0.0846. The highest BCUT2D eigenvalue weighted by molar-refractivity contribution is 9.10. The van der Waals surface area contributed by atoms with Crippen molar-refractivity contribution in [3.63, 3.8) is 0 Å². The van der Waals surface area contributed by atoms with E-state index in [0.29, 0.717) is 0 Å². The molecule has 0 bridgehead atoms. The van der Waals surface area contributed by atoms with E-state index in [-0.39, 0.29) is 15.1 Å². The molecule has 100 valence electrons. The van der Waals surface area contributed by atoms with Gasteiger partial charge in [-0.3, -0.25) is 0 Å². The lowest BCUT2D eigenvalue weighted by molar-refractivity contribution is 0.0592. The van der Waals surface area contributed by atoms with Gasteiger partial charge in [0.25, 0.3) is 10.0 Å². The number of carbonyl (C=O) groups is 1. The summed E-state index contributed by atoms with van der Waals surface area (Å²) in [5, 5.41) is 3.74. The van der Waals surface area contributed by atoms with Gasteiger partial charge in [0.2, 0.25) is 0 Å². The van der Waals surface area contributed by atoms with Crippen LogP contribution in [0.1, 0.15) is 10.5 Å². The third-order valence-electron chi connectivity index (χ3n) is 2.31. The van der Waals surface area contributed by atoms with E-state index < -0.39 is 16.0 Å². The van der Waals surface area contributed by atoms with E-state index in [9.17, 15) is 13.2 Å². The maximum atomic E-state index is 12.2. The van der Waals surface area contributed by atoms with Gasteiger partial charge in [-0.25, -0.2) is 4.79 Å². The second-order valence-corrected chi connectivity index (χ2v) is 6.16. The highest BCUT2D eigenvalue weighted by Crippen LogP contribution is 2.20. The lowest BCUT2D eigenvalue weighted by Gasteiger charge is -2.03. The van der Waals surface area contributed by atoms with Crippen molar-refractivity contribution in [2.75, 3.05) is 7.11 Å². The Hall–Kier alpha value is -1.67. The molecule has 1 heterocycles.